The molecule has 1 aliphatic carbocycles. The lowest BCUT2D eigenvalue weighted by atomic mass is 10.2. The molecule has 28 heavy (non-hydrogen) atoms. The van der Waals surface area contributed by atoms with Crippen molar-refractivity contribution in [1.82, 2.24) is 0 Å². The standard InChI is InChI=1S/C18H16ClN3O5S/c19-15-5-3-13(22(24)25)10-16(15)20-28(26,27)14-4-6-17-12(9-14)7-8-21(17)18(23)11-1-2-11/h3-6,9-11,20H,1-2,7-8H2. The number of nitrogens with one attached hydrogen (secondary N) is 1. The van der Waals surface area contributed by atoms with Gasteiger partial charge in [0, 0.05) is 30.3 Å². The Kier molecular flexibility index (Phi) is 4.51. The van der Waals surface area contributed by atoms with Crippen molar-refractivity contribution in [3.05, 3.63) is 57.1 Å². The van der Waals surface area contributed by atoms with Crippen LogP contribution >= 0.6 is 11.6 Å². The third-order valence-corrected chi connectivity index (χ3v) is 6.55. The number of nitro benzene ring substituents is 1. The molecule has 1 heterocycles. The van der Waals surface area contributed by atoms with Crippen LogP contribution in [0.2, 0.25) is 5.02 Å². The summed E-state index contributed by atoms with van der Waals surface area (Å²) in [6.45, 7) is 0.540. The van der Waals surface area contributed by atoms with Crippen molar-refractivity contribution in [2.24, 2.45) is 5.92 Å². The number of sulfonamides is 1. The second kappa shape index (κ2) is 6.75. The third-order valence-electron chi connectivity index (χ3n) is 4.85. The lowest BCUT2D eigenvalue weighted by Crippen LogP contribution is -2.30. The minimum absolute atomic E-state index is 0.00884. The molecule has 2 aromatic carbocycles. The van der Waals surface area contributed by atoms with E-state index in [1.807, 2.05) is 0 Å². The number of carbonyl (C=O) groups is 1. The maximum atomic E-state index is 12.7. The first-order valence-corrected chi connectivity index (χ1v) is 10.5. The van der Waals surface area contributed by atoms with Crippen LogP contribution in [-0.4, -0.2) is 25.8 Å². The molecule has 2 aliphatic rings. The molecule has 1 fully saturated rings. The van der Waals surface area contributed by atoms with Crippen LogP contribution in [-0.2, 0) is 21.2 Å². The number of fused-ring (bicyclic) bond motifs is 1. The summed E-state index contributed by atoms with van der Waals surface area (Å²) in [6, 6.07) is 8.12. The van der Waals surface area contributed by atoms with Crippen LogP contribution in [0.15, 0.2) is 41.3 Å². The smallest absolute Gasteiger partial charge is 0.271 e. The zero-order valence-corrected chi connectivity index (χ0v) is 16.2. The first-order chi connectivity index (χ1) is 13.3. The van der Waals surface area contributed by atoms with Crippen LogP contribution in [0.3, 0.4) is 0 Å². The van der Waals surface area contributed by atoms with E-state index in [9.17, 15) is 23.3 Å². The summed E-state index contributed by atoms with van der Waals surface area (Å²) in [6.07, 6.45) is 2.39. The molecular weight excluding hydrogens is 406 g/mol. The van der Waals surface area contributed by atoms with Crippen LogP contribution in [0.1, 0.15) is 18.4 Å². The topological polar surface area (TPSA) is 110 Å². The van der Waals surface area contributed by atoms with Gasteiger partial charge in [-0.05, 0) is 49.1 Å². The Labute approximate surface area is 166 Å². The van der Waals surface area contributed by atoms with E-state index in [-0.39, 0.29) is 33.1 Å². The van der Waals surface area contributed by atoms with Gasteiger partial charge in [0.15, 0.2) is 0 Å². The number of anilines is 2. The van der Waals surface area contributed by atoms with Gasteiger partial charge in [-0.25, -0.2) is 8.42 Å². The molecule has 0 bridgehead atoms. The molecule has 0 atom stereocenters. The van der Waals surface area contributed by atoms with Crippen LogP contribution in [0.5, 0.6) is 0 Å². The molecule has 0 spiro atoms. The van der Waals surface area contributed by atoms with Crippen LogP contribution in [0.25, 0.3) is 0 Å². The quantitative estimate of drug-likeness (QED) is 0.588. The Bertz CT molecular complexity index is 1100. The van der Waals surface area contributed by atoms with Gasteiger partial charge >= 0.3 is 0 Å². The first-order valence-electron chi connectivity index (χ1n) is 8.67. The highest BCUT2D eigenvalue weighted by molar-refractivity contribution is 7.92. The summed E-state index contributed by atoms with van der Waals surface area (Å²) in [5, 5.41) is 11.0. The summed E-state index contributed by atoms with van der Waals surface area (Å²) in [5.41, 5.74) is 1.18. The molecule has 2 aromatic rings. The van der Waals surface area contributed by atoms with E-state index in [2.05, 4.69) is 4.72 Å². The van der Waals surface area contributed by atoms with Gasteiger partial charge < -0.3 is 4.90 Å². The van der Waals surface area contributed by atoms with E-state index in [0.717, 1.165) is 30.2 Å². The maximum Gasteiger partial charge on any atom is 0.271 e. The van der Waals surface area contributed by atoms with Crippen molar-refractivity contribution in [1.29, 1.82) is 0 Å². The van der Waals surface area contributed by atoms with E-state index in [1.54, 1.807) is 11.0 Å². The molecule has 0 unspecified atom stereocenters. The SMILES string of the molecule is O=C(C1CC1)N1CCc2cc(S(=O)(=O)Nc3cc([N+](=O)[O-])ccc3Cl)ccc21. The molecule has 0 aromatic heterocycles. The minimum Gasteiger partial charge on any atom is -0.312 e. The number of hydrogen-bond donors (Lipinski definition) is 1. The first kappa shape index (κ1) is 18.7. The van der Waals surface area contributed by atoms with E-state index < -0.39 is 14.9 Å². The highest BCUT2D eigenvalue weighted by Crippen LogP contribution is 2.37. The summed E-state index contributed by atoms with van der Waals surface area (Å²) in [5.74, 6) is 0.183. The molecule has 1 saturated carbocycles. The average Bonchev–Trinajstić information content (AvgIpc) is 3.41. The molecule has 146 valence electrons. The number of hydrogen-bond acceptors (Lipinski definition) is 5. The van der Waals surface area contributed by atoms with Crippen molar-refractivity contribution in [3.8, 4) is 0 Å². The number of benzene rings is 2. The Hall–Kier alpha value is -2.65. The van der Waals surface area contributed by atoms with Gasteiger partial charge in [-0.2, -0.15) is 0 Å². The number of carbonyl (C=O) groups excluding carboxylic acids is 1. The highest BCUT2D eigenvalue weighted by Gasteiger charge is 2.36. The molecule has 0 saturated heterocycles. The van der Waals surface area contributed by atoms with Gasteiger partial charge in [-0.15, -0.1) is 0 Å². The van der Waals surface area contributed by atoms with Gasteiger partial charge in [0.2, 0.25) is 5.91 Å². The number of nitro groups is 1. The van der Waals surface area contributed by atoms with Crippen molar-refractivity contribution in [2.45, 2.75) is 24.2 Å². The Morgan fingerprint density at radius 2 is 1.96 bits per heavy atom. The molecule has 1 aliphatic heterocycles. The summed E-state index contributed by atoms with van der Waals surface area (Å²) >= 11 is 5.98. The van der Waals surface area contributed by atoms with Gasteiger partial charge in [0.1, 0.15) is 0 Å². The molecule has 10 heteroatoms. The fourth-order valence-electron chi connectivity index (χ4n) is 3.23. The van der Waals surface area contributed by atoms with E-state index in [0.29, 0.717) is 13.0 Å². The zero-order chi connectivity index (χ0) is 20.1. The fraction of sp³-hybridized carbons (Fsp3) is 0.278. The Morgan fingerprint density at radius 1 is 1.21 bits per heavy atom. The molecule has 1 amide bonds. The number of halogens is 1. The number of non-ortho nitro benzene ring substituents is 1. The Balaban J connectivity index is 1.62. The number of rotatable bonds is 5. The molecular formula is C18H16ClN3O5S. The minimum atomic E-state index is -4.00. The van der Waals surface area contributed by atoms with Crippen LogP contribution in [0.4, 0.5) is 17.1 Å². The van der Waals surface area contributed by atoms with Crippen molar-refractivity contribution < 1.29 is 18.1 Å². The lowest BCUT2D eigenvalue weighted by molar-refractivity contribution is -0.384. The molecule has 8 nitrogen and oxygen atoms in total. The number of nitrogens with zero attached hydrogens (tertiary/aromatic N) is 2. The average molecular weight is 422 g/mol. The van der Waals surface area contributed by atoms with E-state index >= 15 is 0 Å². The molecule has 1 N–H and O–H groups in total. The zero-order valence-electron chi connectivity index (χ0n) is 14.6. The highest BCUT2D eigenvalue weighted by atomic mass is 35.5. The largest absolute Gasteiger partial charge is 0.312 e. The summed E-state index contributed by atoms with van der Waals surface area (Å²) < 4.78 is 27.8. The number of amides is 1. The third kappa shape index (κ3) is 3.43. The van der Waals surface area contributed by atoms with Gasteiger partial charge in [0.25, 0.3) is 15.7 Å². The van der Waals surface area contributed by atoms with Crippen LogP contribution < -0.4 is 9.62 Å². The monoisotopic (exact) mass is 421 g/mol. The van der Waals surface area contributed by atoms with Gasteiger partial charge in [0.05, 0.1) is 20.5 Å². The van der Waals surface area contributed by atoms with Crippen LogP contribution in [0, 0.1) is 16.0 Å². The Morgan fingerprint density at radius 3 is 2.64 bits per heavy atom. The lowest BCUT2D eigenvalue weighted by Gasteiger charge is -2.17. The van der Waals surface area contributed by atoms with Crippen molar-refractivity contribution in [3.63, 3.8) is 0 Å². The van der Waals surface area contributed by atoms with Crippen molar-refractivity contribution >= 4 is 44.6 Å². The summed E-state index contributed by atoms with van der Waals surface area (Å²) in [7, 11) is -4.00. The normalized spacial score (nSPS) is 16.0. The van der Waals surface area contributed by atoms with E-state index in [4.69, 9.17) is 11.6 Å². The predicted molar refractivity (Wildman–Crippen MR) is 104 cm³/mol. The van der Waals surface area contributed by atoms with Gasteiger partial charge in [-0.3, -0.25) is 19.6 Å². The summed E-state index contributed by atoms with van der Waals surface area (Å²) in [4.78, 5) is 24.4. The van der Waals surface area contributed by atoms with E-state index in [1.165, 1.54) is 24.3 Å². The second-order valence-corrected chi connectivity index (χ2v) is 8.92. The molecule has 4 rings (SSSR count). The van der Waals surface area contributed by atoms with Crippen molar-refractivity contribution in [2.75, 3.05) is 16.2 Å². The van der Waals surface area contributed by atoms with Gasteiger partial charge in [-0.1, -0.05) is 11.6 Å². The second-order valence-electron chi connectivity index (χ2n) is 6.83. The fourth-order valence-corrected chi connectivity index (χ4v) is 4.58. The molecule has 0 radical (unpaired) electrons. The maximum absolute atomic E-state index is 12.7. The predicted octanol–water partition coefficient (Wildman–Crippen LogP) is 3.35.